The van der Waals surface area contributed by atoms with Crippen molar-refractivity contribution in [2.75, 3.05) is 31.2 Å². The molecule has 2 heterocycles. The van der Waals surface area contributed by atoms with Crippen LogP contribution in [0.2, 0.25) is 0 Å². The molecule has 0 aliphatic carbocycles. The first-order chi connectivity index (χ1) is 12.6. The zero-order valence-corrected chi connectivity index (χ0v) is 14.7. The predicted octanol–water partition coefficient (Wildman–Crippen LogP) is 0.0360. The molecular weight excluding hydrogens is 356 g/mol. The Morgan fingerprint density at radius 3 is 2.73 bits per heavy atom. The number of carbonyl (C=O) groups is 2. The van der Waals surface area contributed by atoms with Gasteiger partial charge in [0, 0.05) is 18.5 Å². The Bertz CT molecular complexity index is 797. The maximum Gasteiger partial charge on any atom is 0.246 e. The lowest BCUT2D eigenvalue weighted by molar-refractivity contribution is -0.255. The van der Waals surface area contributed by atoms with Crippen molar-refractivity contribution in [3.05, 3.63) is 46.5 Å². The number of thiazole rings is 1. The van der Waals surface area contributed by atoms with Crippen LogP contribution in [0.25, 0.3) is 0 Å². The van der Waals surface area contributed by atoms with Crippen molar-refractivity contribution in [1.29, 1.82) is 0 Å². The van der Waals surface area contributed by atoms with E-state index in [1.807, 2.05) is 5.38 Å². The Kier molecular flexibility index (Phi) is 5.92. The van der Waals surface area contributed by atoms with Crippen molar-refractivity contribution in [2.24, 2.45) is 5.10 Å². The highest BCUT2D eigenvalue weighted by Gasteiger charge is 2.15. The molecule has 0 unspecified atom stereocenters. The summed E-state index contributed by atoms with van der Waals surface area (Å²) in [6, 6.07) is 5.99. The van der Waals surface area contributed by atoms with Crippen LogP contribution in [0.15, 0.2) is 34.7 Å². The van der Waals surface area contributed by atoms with Crippen LogP contribution in [0.5, 0.6) is 0 Å². The number of benzene rings is 1. The van der Waals surface area contributed by atoms with Gasteiger partial charge in [0.15, 0.2) is 5.13 Å². The third-order valence-electron chi connectivity index (χ3n) is 3.71. The van der Waals surface area contributed by atoms with Gasteiger partial charge < -0.3 is 19.5 Å². The lowest BCUT2D eigenvalue weighted by Gasteiger charge is -2.26. The normalized spacial score (nSPS) is 14.5. The average molecular weight is 373 g/mol. The van der Waals surface area contributed by atoms with Crippen LogP contribution >= 0.6 is 11.3 Å². The number of carboxylic acid groups (broad SMARTS) is 1. The van der Waals surface area contributed by atoms with E-state index in [4.69, 9.17) is 4.74 Å². The van der Waals surface area contributed by atoms with Gasteiger partial charge in [0.05, 0.1) is 37.5 Å². The number of nitrogens with one attached hydrogen (secondary N) is 1. The Labute approximate surface area is 154 Å². The number of hydrazone groups is 1. The van der Waals surface area contributed by atoms with Gasteiger partial charge in [-0.1, -0.05) is 24.3 Å². The molecule has 1 amide bonds. The summed E-state index contributed by atoms with van der Waals surface area (Å²) < 4.78 is 5.31. The molecule has 1 saturated heterocycles. The number of hydrogen-bond donors (Lipinski definition) is 1. The van der Waals surface area contributed by atoms with Crippen molar-refractivity contribution in [3.63, 3.8) is 0 Å². The fraction of sp³-hybridized carbons (Fsp3) is 0.294. The molecule has 9 heteroatoms. The maximum absolute atomic E-state index is 12.0. The van der Waals surface area contributed by atoms with Crippen molar-refractivity contribution < 1.29 is 19.4 Å². The Morgan fingerprint density at radius 1 is 1.31 bits per heavy atom. The molecule has 1 aromatic carbocycles. The number of carboxylic acids is 1. The average Bonchev–Trinajstić information content (AvgIpc) is 3.11. The molecule has 3 rings (SSSR count). The highest BCUT2D eigenvalue weighted by Crippen LogP contribution is 2.21. The monoisotopic (exact) mass is 373 g/mol. The third kappa shape index (κ3) is 4.87. The van der Waals surface area contributed by atoms with E-state index in [-0.39, 0.29) is 17.9 Å². The zero-order valence-electron chi connectivity index (χ0n) is 13.9. The SMILES string of the molecule is O=C(Cc1csc(N2CCOCC2)n1)N/N=C\c1ccc(C(=O)[O-])cc1. The fourth-order valence-corrected chi connectivity index (χ4v) is 3.24. The van der Waals surface area contributed by atoms with Crippen LogP contribution in [-0.4, -0.2) is 49.4 Å². The van der Waals surface area contributed by atoms with Gasteiger partial charge in [-0.2, -0.15) is 5.10 Å². The number of rotatable bonds is 6. The Morgan fingerprint density at radius 2 is 2.04 bits per heavy atom. The topological polar surface area (TPSA) is 107 Å². The zero-order chi connectivity index (χ0) is 18.4. The summed E-state index contributed by atoms with van der Waals surface area (Å²) in [6.07, 6.45) is 1.58. The van der Waals surface area contributed by atoms with Crippen LogP contribution in [0.3, 0.4) is 0 Å². The van der Waals surface area contributed by atoms with Crippen LogP contribution in [0.4, 0.5) is 5.13 Å². The smallest absolute Gasteiger partial charge is 0.246 e. The lowest BCUT2D eigenvalue weighted by atomic mass is 10.1. The molecule has 0 saturated carbocycles. The summed E-state index contributed by atoms with van der Waals surface area (Å²) in [5.41, 5.74) is 3.89. The lowest BCUT2D eigenvalue weighted by Crippen LogP contribution is -2.36. The minimum absolute atomic E-state index is 0.0887. The summed E-state index contributed by atoms with van der Waals surface area (Å²) in [6.45, 7) is 2.99. The third-order valence-corrected chi connectivity index (χ3v) is 4.66. The summed E-state index contributed by atoms with van der Waals surface area (Å²) in [5.74, 6) is -1.51. The van der Waals surface area contributed by atoms with Gasteiger partial charge in [-0.25, -0.2) is 10.4 Å². The predicted molar refractivity (Wildman–Crippen MR) is 95.4 cm³/mol. The number of anilines is 1. The van der Waals surface area contributed by atoms with Crippen LogP contribution < -0.4 is 15.4 Å². The first-order valence-electron chi connectivity index (χ1n) is 8.02. The van der Waals surface area contributed by atoms with Crippen molar-refractivity contribution in [1.82, 2.24) is 10.4 Å². The molecule has 0 atom stereocenters. The summed E-state index contributed by atoms with van der Waals surface area (Å²) in [5, 5.41) is 17.3. The van der Waals surface area contributed by atoms with Gasteiger partial charge in [-0.3, -0.25) is 4.79 Å². The first kappa shape index (κ1) is 18.0. The van der Waals surface area contributed by atoms with Gasteiger partial charge in [-0.05, 0) is 11.1 Å². The molecule has 0 radical (unpaired) electrons. The molecule has 1 aliphatic heterocycles. The van der Waals surface area contributed by atoms with Crippen LogP contribution in [0, 0.1) is 0 Å². The van der Waals surface area contributed by atoms with Crippen LogP contribution in [0.1, 0.15) is 21.6 Å². The number of carbonyl (C=O) groups excluding carboxylic acids is 2. The van der Waals surface area contributed by atoms with Crippen LogP contribution in [-0.2, 0) is 16.0 Å². The number of morpholine rings is 1. The highest BCUT2D eigenvalue weighted by molar-refractivity contribution is 7.13. The van der Waals surface area contributed by atoms with E-state index in [2.05, 4.69) is 20.4 Å². The van der Waals surface area contributed by atoms with Crippen molar-refractivity contribution in [3.8, 4) is 0 Å². The Balaban J connectivity index is 1.49. The second kappa shape index (κ2) is 8.54. The van der Waals surface area contributed by atoms with Gasteiger partial charge in [0.1, 0.15) is 0 Å². The molecule has 1 fully saturated rings. The molecule has 0 bridgehead atoms. The molecule has 1 aliphatic rings. The number of nitrogens with zero attached hydrogens (tertiary/aromatic N) is 3. The number of amides is 1. The molecule has 2 aromatic rings. The highest BCUT2D eigenvalue weighted by atomic mass is 32.1. The van der Waals surface area contributed by atoms with E-state index in [1.54, 1.807) is 12.1 Å². The standard InChI is InChI=1S/C17H18N4O4S/c22-15(20-18-10-12-1-3-13(4-2-12)16(23)24)9-14-11-26-17(19-14)21-5-7-25-8-6-21/h1-4,10-11H,5-9H2,(H,20,22)(H,23,24)/p-1/b18-10-. The molecule has 1 aromatic heterocycles. The second-order valence-corrected chi connectivity index (χ2v) is 6.44. The minimum Gasteiger partial charge on any atom is -0.545 e. The van der Waals surface area contributed by atoms with E-state index in [0.717, 1.165) is 18.2 Å². The molecule has 136 valence electrons. The number of hydrogen-bond acceptors (Lipinski definition) is 8. The molecular formula is C17H17N4O4S-. The second-order valence-electron chi connectivity index (χ2n) is 5.60. The van der Waals surface area contributed by atoms with E-state index in [0.29, 0.717) is 24.5 Å². The molecule has 26 heavy (non-hydrogen) atoms. The molecule has 1 N–H and O–H groups in total. The van der Waals surface area contributed by atoms with Gasteiger partial charge in [0.25, 0.3) is 0 Å². The fourth-order valence-electron chi connectivity index (χ4n) is 2.37. The Hall–Kier alpha value is -2.78. The van der Waals surface area contributed by atoms with Crippen molar-refractivity contribution >= 4 is 34.6 Å². The van der Waals surface area contributed by atoms with E-state index in [9.17, 15) is 14.7 Å². The van der Waals surface area contributed by atoms with Gasteiger partial charge in [-0.15, -0.1) is 11.3 Å². The largest absolute Gasteiger partial charge is 0.545 e. The minimum atomic E-state index is -1.23. The summed E-state index contributed by atoms with van der Waals surface area (Å²) >= 11 is 1.51. The maximum atomic E-state index is 12.0. The van der Waals surface area contributed by atoms with E-state index in [1.165, 1.54) is 29.7 Å². The van der Waals surface area contributed by atoms with Gasteiger partial charge in [0.2, 0.25) is 5.91 Å². The molecule has 0 spiro atoms. The quantitative estimate of drug-likeness (QED) is 0.566. The summed E-state index contributed by atoms with van der Waals surface area (Å²) in [4.78, 5) is 29.3. The molecule has 8 nitrogen and oxygen atoms in total. The van der Waals surface area contributed by atoms with E-state index >= 15 is 0 Å². The number of aromatic nitrogens is 1. The number of aromatic carboxylic acids is 1. The first-order valence-corrected chi connectivity index (χ1v) is 8.90. The van der Waals surface area contributed by atoms with Crippen molar-refractivity contribution in [2.45, 2.75) is 6.42 Å². The van der Waals surface area contributed by atoms with Gasteiger partial charge >= 0.3 is 0 Å². The number of ether oxygens (including phenoxy) is 1. The van der Waals surface area contributed by atoms with E-state index < -0.39 is 5.97 Å². The summed E-state index contributed by atoms with van der Waals surface area (Å²) in [7, 11) is 0.